The van der Waals surface area contributed by atoms with Gasteiger partial charge in [-0.25, -0.2) is 9.37 Å². The van der Waals surface area contributed by atoms with Crippen molar-refractivity contribution in [3.8, 4) is 0 Å². The zero-order valence-corrected chi connectivity index (χ0v) is 18.9. The Morgan fingerprint density at radius 1 is 1.12 bits per heavy atom. The summed E-state index contributed by atoms with van der Waals surface area (Å²) in [5.74, 6) is -1.10. The lowest BCUT2D eigenvalue weighted by Crippen LogP contribution is -2.63. The van der Waals surface area contributed by atoms with Gasteiger partial charge >= 0.3 is 5.97 Å². The van der Waals surface area contributed by atoms with Crippen LogP contribution in [0, 0.1) is 17.2 Å². The molecule has 34 heavy (non-hydrogen) atoms. The highest BCUT2D eigenvalue weighted by Gasteiger charge is 2.55. The lowest BCUT2D eigenvalue weighted by molar-refractivity contribution is -0.137. The Balaban J connectivity index is 1.17. The van der Waals surface area contributed by atoms with Crippen molar-refractivity contribution >= 4 is 28.4 Å². The van der Waals surface area contributed by atoms with Crippen LogP contribution in [0.4, 0.5) is 4.39 Å². The predicted octanol–water partition coefficient (Wildman–Crippen LogP) is 5.27. The van der Waals surface area contributed by atoms with E-state index in [2.05, 4.69) is 4.98 Å². The molecule has 3 aromatic rings. The minimum atomic E-state index is -0.846. The number of allylic oxidation sites excluding steroid dienone is 2. The van der Waals surface area contributed by atoms with Crippen molar-refractivity contribution in [2.24, 2.45) is 11.3 Å². The van der Waals surface area contributed by atoms with Crippen LogP contribution in [-0.2, 0) is 4.79 Å². The van der Waals surface area contributed by atoms with Crippen LogP contribution in [0.1, 0.15) is 53.7 Å². The summed E-state index contributed by atoms with van der Waals surface area (Å²) < 4.78 is 14.1. The van der Waals surface area contributed by atoms with E-state index in [4.69, 9.17) is 0 Å². The SMILES string of the molecule is CC1=C(C2CC3(C2)CN(C(=O)c2ccc4ccccc4n2)C3)c2cc(F)ccc2C1CC(=O)O. The minimum Gasteiger partial charge on any atom is -0.481 e. The molecule has 2 aliphatic carbocycles. The Kier molecular flexibility index (Phi) is 4.63. The van der Waals surface area contributed by atoms with Gasteiger partial charge in [0, 0.05) is 29.8 Å². The Morgan fingerprint density at radius 2 is 1.88 bits per heavy atom. The summed E-state index contributed by atoms with van der Waals surface area (Å²) in [6.45, 7) is 3.41. The van der Waals surface area contributed by atoms with Gasteiger partial charge in [0.1, 0.15) is 11.5 Å². The maximum absolute atomic E-state index is 14.1. The third-order valence-electron chi connectivity index (χ3n) is 7.93. The molecule has 2 heterocycles. The van der Waals surface area contributed by atoms with Crippen molar-refractivity contribution in [3.05, 3.63) is 82.8 Å². The monoisotopic (exact) mass is 456 g/mol. The Hall–Kier alpha value is -3.54. The number of rotatable bonds is 4. The van der Waals surface area contributed by atoms with Gasteiger partial charge in [0.25, 0.3) is 5.91 Å². The second-order valence-corrected chi connectivity index (χ2v) is 10.1. The molecule has 2 fully saturated rings. The molecule has 1 unspecified atom stereocenters. The fourth-order valence-electron chi connectivity index (χ4n) is 6.38. The van der Waals surface area contributed by atoms with E-state index in [-0.39, 0.29) is 35.4 Å². The number of hydrogen-bond donors (Lipinski definition) is 1. The molecule has 1 N–H and O–H groups in total. The van der Waals surface area contributed by atoms with E-state index in [0.717, 1.165) is 46.0 Å². The normalized spacial score (nSPS) is 20.9. The first-order valence-corrected chi connectivity index (χ1v) is 11.7. The number of carboxylic acid groups (broad SMARTS) is 1. The van der Waals surface area contributed by atoms with E-state index in [1.54, 1.807) is 18.2 Å². The third kappa shape index (κ3) is 3.23. The number of benzene rings is 2. The Bertz CT molecular complexity index is 1380. The van der Waals surface area contributed by atoms with Gasteiger partial charge in [-0.3, -0.25) is 9.59 Å². The number of nitrogens with zero attached hydrogens (tertiary/aromatic N) is 2. The van der Waals surface area contributed by atoms with Gasteiger partial charge in [-0.1, -0.05) is 35.9 Å². The van der Waals surface area contributed by atoms with E-state index >= 15 is 0 Å². The first-order valence-electron chi connectivity index (χ1n) is 11.7. The summed E-state index contributed by atoms with van der Waals surface area (Å²) in [6, 6.07) is 16.2. The van der Waals surface area contributed by atoms with Crippen molar-refractivity contribution in [3.63, 3.8) is 0 Å². The zero-order chi connectivity index (χ0) is 23.6. The maximum atomic E-state index is 14.1. The molecule has 6 rings (SSSR count). The molecule has 1 aromatic heterocycles. The number of carbonyl (C=O) groups is 2. The zero-order valence-electron chi connectivity index (χ0n) is 18.9. The van der Waals surface area contributed by atoms with Gasteiger partial charge in [0.15, 0.2) is 0 Å². The number of carboxylic acids is 1. The summed E-state index contributed by atoms with van der Waals surface area (Å²) >= 11 is 0. The quantitative estimate of drug-likeness (QED) is 0.581. The number of likely N-dealkylation sites (tertiary alicyclic amines) is 1. The largest absolute Gasteiger partial charge is 0.481 e. The first kappa shape index (κ1) is 21.0. The number of aromatic nitrogens is 1. The molecule has 2 aromatic carbocycles. The Labute approximate surface area is 196 Å². The number of hydrogen-bond acceptors (Lipinski definition) is 3. The van der Waals surface area contributed by atoms with Crippen LogP contribution >= 0.6 is 0 Å². The topological polar surface area (TPSA) is 70.5 Å². The lowest BCUT2D eigenvalue weighted by atomic mass is 9.55. The summed E-state index contributed by atoms with van der Waals surface area (Å²) in [5, 5.41) is 10.4. The van der Waals surface area contributed by atoms with E-state index in [0.29, 0.717) is 18.8 Å². The van der Waals surface area contributed by atoms with E-state index < -0.39 is 5.97 Å². The molecular weight excluding hydrogens is 431 g/mol. The van der Waals surface area contributed by atoms with Crippen LogP contribution in [0.2, 0.25) is 0 Å². The van der Waals surface area contributed by atoms with Gasteiger partial charge in [0.05, 0.1) is 11.9 Å². The highest BCUT2D eigenvalue weighted by molar-refractivity contribution is 5.95. The van der Waals surface area contributed by atoms with Crippen LogP contribution in [0.5, 0.6) is 0 Å². The second-order valence-electron chi connectivity index (χ2n) is 10.1. The molecule has 6 heteroatoms. The highest BCUT2D eigenvalue weighted by Crippen LogP contribution is 2.60. The van der Waals surface area contributed by atoms with Crippen molar-refractivity contribution in [1.82, 2.24) is 9.88 Å². The fraction of sp³-hybridized carbons (Fsp3) is 0.321. The van der Waals surface area contributed by atoms with Crippen molar-refractivity contribution in [2.75, 3.05) is 13.1 Å². The van der Waals surface area contributed by atoms with Crippen molar-refractivity contribution < 1.29 is 19.1 Å². The minimum absolute atomic E-state index is 0.0207. The standard InChI is InChI=1S/C28H25FN2O3/c1-16-21(11-25(32)33)20-8-7-19(29)10-22(20)26(16)18-12-28(13-18)14-31(15-28)27(34)24-9-6-17-4-2-3-5-23(17)30-24/h2-10,18,21H,11-15H2,1H3,(H,32,33). The van der Waals surface area contributed by atoms with Crippen LogP contribution in [0.15, 0.2) is 60.2 Å². The molecule has 1 aliphatic heterocycles. The third-order valence-corrected chi connectivity index (χ3v) is 7.93. The molecular formula is C28H25FN2O3. The van der Waals surface area contributed by atoms with Crippen LogP contribution in [0.25, 0.3) is 16.5 Å². The molecule has 1 amide bonds. The smallest absolute Gasteiger partial charge is 0.304 e. The van der Waals surface area contributed by atoms with Gasteiger partial charge < -0.3 is 10.0 Å². The molecule has 1 saturated carbocycles. The second kappa shape index (κ2) is 7.49. The van der Waals surface area contributed by atoms with Gasteiger partial charge in [0.2, 0.25) is 0 Å². The van der Waals surface area contributed by atoms with Crippen molar-refractivity contribution in [2.45, 2.75) is 32.1 Å². The summed E-state index contributed by atoms with van der Waals surface area (Å²) in [4.78, 5) is 30.8. The maximum Gasteiger partial charge on any atom is 0.304 e. The molecule has 1 saturated heterocycles. The van der Waals surface area contributed by atoms with Gasteiger partial charge in [-0.15, -0.1) is 0 Å². The average Bonchev–Trinajstić information content (AvgIpc) is 3.01. The van der Waals surface area contributed by atoms with Crippen molar-refractivity contribution in [1.29, 1.82) is 0 Å². The lowest BCUT2D eigenvalue weighted by Gasteiger charge is -2.59. The average molecular weight is 457 g/mol. The Morgan fingerprint density at radius 3 is 2.65 bits per heavy atom. The molecule has 0 radical (unpaired) electrons. The number of carbonyl (C=O) groups excluding carboxylic acids is 1. The van der Waals surface area contributed by atoms with E-state index in [9.17, 15) is 19.1 Å². The highest BCUT2D eigenvalue weighted by atomic mass is 19.1. The summed E-state index contributed by atoms with van der Waals surface area (Å²) in [5.41, 5.74) is 5.35. The van der Waals surface area contributed by atoms with Gasteiger partial charge in [-0.2, -0.15) is 0 Å². The van der Waals surface area contributed by atoms with E-state index in [1.807, 2.05) is 42.2 Å². The van der Waals surface area contributed by atoms with Crippen LogP contribution < -0.4 is 0 Å². The van der Waals surface area contributed by atoms with Crippen LogP contribution in [0.3, 0.4) is 0 Å². The first-order chi connectivity index (χ1) is 16.3. The molecule has 1 atom stereocenters. The number of amides is 1. The summed E-state index contributed by atoms with van der Waals surface area (Å²) in [6.07, 6.45) is 1.89. The molecule has 5 nitrogen and oxygen atoms in total. The number of fused-ring (bicyclic) bond motifs is 2. The predicted molar refractivity (Wildman–Crippen MR) is 127 cm³/mol. The number of pyridine rings is 1. The molecule has 3 aliphatic rings. The van der Waals surface area contributed by atoms with Crippen LogP contribution in [-0.4, -0.2) is 40.0 Å². The summed E-state index contributed by atoms with van der Waals surface area (Å²) in [7, 11) is 0. The van der Waals surface area contributed by atoms with Gasteiger partial charge in [-0.05, 0) is 66.6 Å². The fourth-order valence-corrected chi connectivity index (χ4v) is 6.38. The number of aliphatic carboxylic acids is 1. The molecule has 0 bridgehead atoms. The molecule has 1 spiro atoms. The van der Waals surface area contributed by atoms with E-state index in [1.165, 1.54) is 6.07 Å². The number of para-hydroxylation sites is 1. The number of halogens is 1. The molecule has 172 valence electrons.